The Labute approximate surface area is 194 Å². The molecule has 5 rings (SSSR count). The third-order valence-electron chi connectivity index (χ3n) is 10.4. The number of carbonyl (C=O) groups excluding carboxylic acids is 1. The number of aliphatic hydroxyl groups excluding tert-OH is 1. The maximum Gasteiger partial charge on any atom is 0.159 e. The molecule has 0 aromatic heterocycles. The Morgan fingerprint density at radius 2 is 1.78 bits per heavy atom. The van der Waals surface area contributed by atoms with Crippen molar-refractivity contribution in [3.05, 3.63) is 52.6 Å². The number of hydrogen-bond donors (Lipinski definition) is 1. The molecule has 0 amide bonds. The quantitative estimate of drug-likeness (QED) is 0.420. The van der Waals surface area contributed by atoms with Gasteiger partial charge < -0.3 is 5.11 Å². The smallest absolute Gasteiger partial charge is 0.159 e. The standard InChI is InChI=1S/C30H40O2/c1-19-6-5-7-20(2)23(19)10-13-28(32)27-12-11-25-24-9-8-21-18-22(31)14-16-29(21,3)26(24)15-17-30(25,27)4/h5-8,10,13,22,24-27,31H,9,11-12,14-18H2,1-4H3/b13-10+/t22-,24-,25-,26-,27?,29-,30-/m0/s1. The fourth-order valence-electron chi connectivity index (χ4n) is 8.48. The molecule has 172 valence electrons. The van der Waals surface area contributed by atoms with Crippen LogP contribution < -0.4 is 0 Å². The first-order chi connectivity index (χ1) is 15.2. The Balaban J connectivity index is 1.37. The van der Waals surface area contributed by atoms with E-state index < -0.39 is 0 Å². The van der Waals surface area contributed by atoms with Crippen LogP contribution in [0.2, 0.25) is 0 Å². The van der Waals surface area contributed by atoms with Crippen LogP contribution in [0.3, 0.4) is 0 Å². The third kappa shape index (κ3) is 3.36. The molecule has 1 N–H and O–H groups in total. The lowest BCUT2D eigenvalue weighted by atomic mass is 9.47. The van der Waals surface area contributed by atoms with Crippen molar-refractivity contribution in [2.45, 2.75) is 85.2 Å². The lowest BCUT2D eigenvalue weighted by molar-refractivity contribution is -0.124. The zero-order chi connectivity index (χ0) is 22.7. The maximum absolute atomic E-state index is 13.5. The van der Waals surface area contributed by atoms with Gasteiger partial charge in [-0.15, -0.1) is 0 Å². The van der Waals surface area contributed by atoms with Crippen molar-refractivity contribution in [1.82, 2.24) is 0 Å². The van der Waals surface area contributed by atoms with Crippen LogP contribution in [0.1, 0.15) is 81.9 Å². The summed E-state index contributed by atoms with van der Waals surface area (Å²) in [5.41, 5.74) is 5.61. The van der Waals surface area contributed by atoms with E-state index >= 15 is 0 Å². The van der Waals surface area contributed by atoms with Crippen LogP contribution in [0.5, 0.6) is 0 Å². The van der Waals surface area contributed by atoms with Crippen LogP contribution >= 0.6 is 0 Å². The molecule has 1 aromatic rings. The molecule has 32 heavy (non-hydrogen) atoms. The normalized spacial score (nSPS) is 41.0. The second kappa shape index (κ2) is 7.97. The maximum atomic E-state index is 13.5. The number of allylic oxidation sites excluding steroid dienone is 2. The minimum absolute atomic E-state index is 0.138. The van der Waals surface area contributed by atoms with Crippen molar-refractivity contribution in [3.8, 4) is 0 Å². The van der Waals surface area contributed by atoms with Crippen molar-refractivity contribution in [1.29, 1.82) is 0 Å². The predicted molar refractivity (Wildman–Crippen MR) is 131 cm³/mol. The van der Waals surface area contributed by atoms with Gasteiger partial charge in [0, 0.05) is 5.92 Å². The van der Waals surface area contributed by atoms with Gasteiger partial charge in [0.1, 0.15) is 0 Å². The van der Waals surface area contributed by atoms with E-state index in [9.17, 15) is 9.90 Å². The fraction of sp³-hybridized carbons (Fsp3) is 0.633. The van der Waals surface area contributed by atoms with Gasteiger partial charge in [-0.1, -0.05) is 49.8 Å². The third-order valence-corrected chi connectivity index (χ3v) is 10.4. The van der Waals surface area contributed by atoms with E-state index in [1.807, 2.05) is 6.08 Å². The number of hydrogen-bond acceptors (Lipinski definition) is 2. The van der Waals surface area contributed by atoms with Gasteiger partial charge in [0.2, 0.25) is 0 Å². The first kappa shape index (κ1) is 22.1. The SMILES string of the molecule is Cc1cccc(C)c1/C=C/C(=O)C1CC[C@H]2[C@@H]3CC=C4C[C@@H](O)CC[C@]4(C)[C@H]3CC[C@]12C. The van der Waals surface area contributed by atoms with Gasteiger partial charge in [0.05, 0.1) is 6.10 Å². The Morgan fingerprint density at radius 1 is 1.03 bits per heavy atom. The summed E-state index contributed by atoms with van der Waals surface area (Å²) in [4.78, 5) is 13.5. The molecule has 0 bridgehead atoms. The van der Waals surface area contributed by atoms with Crippen LogP contribution in [-0.4, -0.2) is 17.0 Å². The highest BCUT2D eigenvalue weighted by atomic mass is 16.3. The second-order valence-electron chi connectivity index (χ2n) is 11.9. The van der Waals surface area contributed by atoms with Crippen LogP contribution in [0.4, 0.5) is 0 Å². The van der Waals surface area contributed by atoms with Crippen molar-refractivity contribution >= 4 is 11.9 Å². The summed E-state index contributed by atoms with van der Waals surface area (Å²) in [6, 6.07) is 6.34. The average Bonchev–Trinajstić information content (AvgIpc) is 3.11. The first-order valence-corrected chi connectivity index (χ1v) is 12.9. The Kier molecular flexibility index (Phi) is 5.52. The predicted octanol–water partition coefficient (Wildman–Crippen LogP) is 6.83. The van der Waals surface area contributed by atoms with Crippen molar-refractivity contribution in [3.63, 3.8) is 0 Å². The summed E-state index contributed by atoms with van der Waals surface area (Å²) >= 11 is 0. The van der Waals surface area contributed by atoms with Gasteiger partial charge >= 0.3 is 0 Å². The average molecular weight is 433 g/mol. The molecule has 0 spiro atoms. The van der Waals surface area contributed by atoms with Gasteiger partial charge in [0.25, 0.3) is 0 Å². The number of benzene rings is 1. The summed E-state index contributed by atoms with van der Waals surface area (Å²) in [5.74, 6) is 2.60. The van der Waals surface area contributed by atoms with E-state index in [1.165, 1.54) is 41.5 Å². The van der Waals surface area contributed by atoms with E-state index in [0.29, 0.717) is 17.6 Å². The van der Waals surface area contributed by atoms with E-state index in [2.05, 4.69) is 58.0 Å². The number of carbonyl (C=O) groups is 1. The van der Waals surface area contributed by atoms with Gasteiger partial charge in [-0.3, -0.25) is 4.79 Å². The Morgan fingerprint density at radius 3 is 2.53 bits per heavy atom. The number of aryl methyl sites for hydroxylation is 2. The number of ketones is 1. The largest absolute Gasteiger partial charge is 0.393 e. The molecule has 4 aliphatic rings. The number of aliphatic hydroxyl groups is 1. The van der Waals surface area contributed by atoms with Gasteiger partial charge in [-0.25, -0.2) is 0 Å². The second-order valence-corrected chi connectivity index (χ2v) is 11.9. The molecule has 4 aliphatic carbocycles. The molecular weight excluding hydrogens is 392 g/mol. The Hall–Kier alpha value is -1.67. The molecule has 0 heterocycles. The lowest BCUT2D eigenvalue weighted by Gasteiger charge is -2.57. The van der Waals surface area contributed by atoms with Gasteiger partial charge in [0.15, 0.2) is 5.78 Å². The molecular formula is C30H40O2. The lowest BCUT2D eigenvalue weighted by Crippen LogP contribution is -2.50. The zero-order valence-electron chi connectivity index (χ0n) is 20.4. The van der Waals surface area contributed by atoms with Crippen LogP contribution in [0.15, 0.2) is 35.9 Å². The molecule has 3 saturated carbocycles. The minimum atomic E-state index is -0.142. The van der Waals surface area contributed by atoms with E-state index in [4.69, 9.17) is 0 Å². The van der Waals surface area contributed by atoms with E-state index in [1.54, 1.807) is 0 Å². The summed E-state index contributed by atoms with van der Waals surface area (Å²) in [6.07, 6.45) is 15.1. The van der Waals surface area contributed by atoms with Crippen LogP contribution in [0.25, 0.3) is 6.08 Å². The molecule has 0 aliphatic heterocycles. The highest BCUT2D eigenvalue weighted by molar-refractivity contribution is 5.96. The van der Waals surface area contributed by atoms with Crippen molar-refractivity contribution < 1.29 is 9.90 Å². The molecule has 7 atom stereocenters. The monoisotopic (exact) mass is 432 g/mol. The van der Waals surface area contributed by atoms with Crippen molar-refractivity contribution in [2.24, 2.45) is 34.5 Å². The fourth-order valence-corrected chi connectivity index (χ4v) is 8.48. The summed E-state index contributed by atoms with van der Waals surface area (Å²) in [5, 5.41) is 10.2. The topological polar surface area (TPSA) is 37.3 Å². The number of rotatable bonds is 3. The first-order valence-electron chi connectivity index (χ1n) is 12.9. The van der Waals surface area contributed by atoms with Crippen LogP contribution in [0, 0.1) is 48.3 Å². The highest BCUT2D eigenvalue weighted by Gasteiger charge is 2.59. The zero-order valence-corrected chi connectivity index (χ0v) is 20.4. The molecule has 1 aromatic carbocycles. The number of fused-ring (bicyclic) bond motifs is 5. The molecule has 2 nitrogen and oxygen atoms in total. The van der Waals surface area contributed by atoms with E-state index in [-0.39, 0.29) is 22.9 Å². The summed E-state index contributed by atoms with van der Waals surface area (Å²) in [6.45, 7) is 9.17. The van der Waals surface area contributed by atoms with Crippen LogP contribution in [-0.2, 0) is 4.79 Å². The van der Waals surface area contributed by atoms with Gasteiger partial charge in [-0.2, -0.15) is 0 Å². The molecule has 0 saturated heterocycles. The molecule has 1 unspecified atom stereocenters. The molecule has 0 radical (unpaired) electrons. The minimum Gasteiger partial charge on any atom is -0.393 e. The molecule has 3 fully saturated rings. The van der Waals surface area contributed by atoms with Crippen molar-refractivity contribution in [2.75, 3.05) is 0 Å². The highest BCUT2D eigenvalue weighted by Crippen LogP contribution is 2.66. The summed E-state index contributed by atoms with van der Waals surface area (Å²) < 4.78 is 0. The molecule has 2 heteroatoms. The Bertz CT molecular complexity index is 951. The summed E-state index contributed by atoms with van der Waals surface area (Å²) in [7, 11) is 0. The van der Waals surface area contributed by atoms with Gasteiger partial charge in [-0.05, 0) is 117 Å². The van der Waals surface area contributed by atoms with E-state index in [0.717, 1.165) is 38.0 Å².